The molecular formula is C12H18N2OS. The molecule has 0 saturated carbocycles. The van der Waals surface area contributed by atoms with Crippen molar-refractivity contribution in [2.45, 2.75) is 39.2 Å². The van der Waals surface area contributed by atoms with E-state index >= 15 is 0 Å². The third-order valence-electron chi connectivity index (χ3n) is 2.54. The first kappa shape index (κ1) is 12.9. The Morgan fingerprint density at radius 2 is 2.19 bits per heavy atom. The molecule has 88 valence electrons. The summed E-state index contributed by atoms with van der Waals surface area (Å²) in [5.74, 6) is 0. The van der Waals surface area contributed by atoms with Gasteiger partial charge in [-0.05, 0) is 18.6 Å². The van der Waals surface area contributed by atoms with Crippen molar-refractivity contribution in [2.24, 2.45) is 5.73 Å². The molecule has 0 amide bonds. The fraction of sp³-hybridized carbons (Fsp3) is 0.500. The van der Waals surface area contributed by atoms with Gasteiger partial charge in [-0.25, -0.2) is 0 Å². The second kappa shape index (κ2) is 6.43. The van der Waals surface area contributed by atoms with Gasteiger partial charge in [-0.3, -0.25) is 4.79 Å². The number of pyridine rings is 1. The van der Waals surface area contributed by atoms with E-state index in [0.717, 1.165) is 19.4 Å². The van der Waals surface area contributed by atoms with E-state index in [2.05, 4.69) is 6.92 Å². The zero-order valence-electron chi connectivity index (χ0n) is 9.61. The van der Waals surface area contributed by atoms with E-state index in [-0.39, 0.29) is 10.5 Å². The van der Waals surface area contributed by atoms with Crippen LogP contribution in [-0.4, -0.2) is 9.56 Å². The van der Waals surface area contributed by atoms with E-state index in [9.17, 15) is 4.79 Å². The van der Waals surface area contributed by atoms with Crippen molar-refractivity contribution in [2.75, 3.05) is 0 Å². The van der Waals surface area contributed by atoms with Gasteiger partial charge in [-0.15, -0.1) is 0 Å². The summed E-state index contributed by atoms with van der Waals surface area (Å²) in [6.45, 7) is 2.91. The van der Waals surface area contributed by atoms with E-state index in [1.807, 2.05) is 6.07 Å². The molecule has 0 bridgehead atoms. The Bertz CT molecular complexity index is 412. The van der Waals surface area contributed by atoms with Gasteiger partial charge in [0.25, 0.3) is 5.56 Å². The molecule has 0 spiro atoms. The number of thiocarbonyl (C=S) groups is 1. The molecule has 16 heavy (non-hydrogen) atoms. The average Bonchev–Trinajstić information content (AvgIpc) is 2.26. The molecule has 0 radical (unpaired) electrons. The Morgan fingerprint density at radius 3 is 2.81 bits per heavy atom. The van der Waals surface area contributed by atoms with Gasteiger partial charge < -0.3 is 10.3 Å². The normalized spacial score (nSPS) is 10.3. The predicted molar refractivity (Wildman–Crippen MR) is 70.7 cm³/mol. The quantitative estimate of drug-likeness (QED) is 0.609. The molecular weight excluding hydrogens is 220 g/mol. The molecule has 0 unspecified atom stereocenters. The Morgan fingerprint density at radius 1 is 1.44 bits per heavy atom. The number of aryl methyl sites for hydroxylation is 1. The number of unbranched alkanes of at least 4 members (excludes halogenated alkanes) is 3. The van der Waals surface area contributed by atoms with Crippen LogP contribution in [0.4, 0.5) is 0 Å². The molecule has 0 aromatic carbocycles. The first-order valence-corrected chi connectivity index (χ1v) is 6.07. The molecule has 1 heterocycles. The molecule has 0 aliphatic rings. The summed E-state index contributed by atoms with van der Waals surface area (Å²) in [6, 6.07) is 3.49. The Hall–Kier alpha value is -1.16. The molecule has 4 heteroatoms. The summed E-state index contributed by atoms with van der Waals surface area (Å²) in [4.78, 5) is 12.0. The van der Waals surface area contributed by atoms with Gasteiger partial charge in [0.2, 0.25) is 0 Å². The van der Waals surface area contributed by atoms with Crippen LogP contribution in [0.15, 0.2) is 23.1 Å². The molecule has 0 aliphatic heterocycles. The van der Waals surface area contributed by atoms with Crippen molar-refractivity contribution in [3.63, 3.8) is 0 Å². The highest BCUT2D eigenvalue weighted by molar-refractivity contribution is 7.80. The second-order valence-corrected chi connectivity index (χ2v) is 4.29. The van der Waals surface area contributed by atoms with Crippen LogP contribution in [0.3, 0.4) is 0 Å². The molecule has 1 aromatic heterocycles. The fourth-order valence-electron chi connectivity index (χ4n) is 1.61. The minimum atomic E-state index is -0.0773. The second-order valence-electron chi connectivity index (χ2n) is 3.85. The van der Waals surface area contributed by atoms with Crippen molar-refractivity contribution >= 4 is 17.2 Å². The molecule has 0 atom stereocenters. The van der Waals surface area contributed by atoms with Crippen molar-refractivity contribution in [1.29, 1.82) is 0 Å². The van der Waals surface area contributed by atoms with Gasteiger partial charge in [-0.1, -0.05) is 38.4 Å². The van der Waals surface area contributed by atoms with E-state index in [1.54, 1.807) is 16.8 Å². The number of hydrogen-bond acceptors (Lipinski definition) is 2. The highest BCUT2D eigenvalue weighted by Gasteiger charge is 2.04. The number of nitrogens with zero attached hydrogens (tertiary/aromatic N) is 1. The maximum absolute atomic E-state index is 11.9. The van der Waals surface area contributed by atoms with Gasteiger partial charge in [0.1, 0.15) is 4.99 Å². The number of aromatic nitrogens is 1. The van der Waals surface area contributed by atoms with Crippen LogP contribution in [0.5, 0.6) is 0 Å². The van der Waals surface area contributed by atoms with Crippen LogP contribution in [-0.2, 0) is 6.54 Å². The highest BCUT2D eigenvalue weighted by atomic mass is 32.1. The minimum Gasteiger partial charge on any atom is -0.389 e. The predicted octanol–water partition coefficient (Wildman–Crippen LogP) is 2.06. The van der Waals surface area contributed by atoms with E-state index < -0.39 is 0 Å². The molecule has 3 nitrogen and oxygen atoms in total. The fourth-order valence-corrected chi connectivity index (χ4v) is 1.76. The van der Waals surface area contributed by atoms with Gasteiger partial charge in [0, 0.05) is 12.7 Å². The molecule has 0 saturated heterocycles. The van der Waals surface area contributed by atoms with Crippen LogP contribution in [0.2, 0.25) is 0 Å². The van der Waals surface area contributed by atoms with Gasteiger partial charge in [0.05, 0.1) is 5.56 Å². The van der Waals surface area contributed by atoms with Crippen LogP contribution in [0.25, 0.3) is 0 Å². The summed E-state index contributed by atoms with van der Waals surface area (Å²) >= 11 is 4.83. The first-order chi connectivity index (χ1) is 7.66. The summed E-state index contributed by atoms with van der Waals surface area (Å²) in [6.07, 6.45) is 6.37. The highest BCUT2D eigenvalue weighted by Crippen LogP contribution is 2.01. The van der Waals surface area contributed by atoms with Crippen molar-refractivity contribution in [3.05, 3.63) is 34.2 Å². The standard InChI is InChI=1S/C12H18N2OS/c1-2-3-4-5-8-14-9-6-7-10(11(13)16)12(14)15/h6-7,9H,2-5,8H2,1H3,(H2,13,16). The lowest BCUT2D eigenvalue weighted by Gasteiger charge is -2.06. The number of nitrogens with two attached hydrogens (primary N) is 1. The van der Waals surface area contributed by atoms with Crippen molar-refractivity contribution in [1.82, 2.24) is 4.57 Å². The maximum Gasteiger partial charge on any atom is 0.260 e. The Labute approximate surface area is 101 Å². The smallest absolute Gasteiger partial charge is 0.260 e. The Kier molecular flexibility index (Phi) is 5.19. The van der Waals surface area contributed by atoms with E-state index in [1.165, 1.54) is 12.8 Å². The van der Waals surface area contributed by atoms with Crippen molar-refractivity contribution < 1.29 is 0 Å². The van der Waals surface area contributed by atoms with Gasteiger partial charge in [-0.2, -0.15) is 0 Å². The number of hydrogen-bond donors (Lipinski definition) is 1. The zero-order valence-corrected chi connectivity index (χ0v) is 10.4. The molecule has 2 N–H and O–H groups in total. The molecule has 1 rings (SSSR count). The largest absolute Gasteiger partial charge is 0.389 e. The van der Waals surface area contributed by atoms with Crippen LogP contribution < -0.4 is 11.3 Å². The van der Waals surface area contributed by atoms with Crippen molar-refractivity contribution in [3.8, 4) is 0 Å². The lowest BCUT2D eigenvalue weighted by molar-refractivity contribution is 0.570. The van der Waals surface area contributed by atoms with Gasteiger partial charge >= 0.3 is 0 Å². The van der Waals surface area contributed by atoms with Gasteiger partial charge in [0.15, 0.2) is 0 Å². The zero-order chi connectivity index (χ0) is 12.0. The summed E-state index contributed by atoms with van der Waals surface area (Å²) < 4.78 is 1.68. The molecule has 0 aliphatic carbocycles. The third kappa shape index (κ3) is 3.45. The first-order valence-electron chi connectivity index (χ1n) is 5.66. The summed E-state index contributed by atoms with van der Waals surface area (Å²) in [5, 5.41) is 0. The average molecular weight is 238 g/mol. The molecule has 0 fully saturated rings. The summed E-state index contributed by atoms with van der Waals surface area (Å²) in [7, 11) is 0. The van der Waals surface area contributed by atoms with E-state index in [4.69, 9.17) is 18.0 Å². The van der Waals surface area contributed by atoms with Crippen LogP contribution in [0, 0.1) is 0 Å². The molecule has 1 aromatic rings. The lowest BCUT2D eigenvalue weighted by atomic mass is 10.2. The summed E-state index contributed by atoms with van der Waals surface area (Å²) in [5.41, 5.74) is 5.84. The lowest BCUT2D eigenvalue weighted by Crippen LogP contribution is -2.28. The maximum atomic E-state index is 11.9. The third-order valence-corrected chi connectivity index (χ3v) is 2.76. The topological polar surface area (TPSA) is 48.0 Å². The number of rotatable bonds is 6. The van der Waals surface area contributed by atoms with Crippen LogP contribution >= 0.6 is 12.2 Å². The van der Waals surface area contributed by atoms with Crippen LogP contribution in [0.1, 0.15) is 38.2 Å². The monoisotopic (exact) mass is 238 g/mol. The SMILES string of the molecule is CCCCCCn1cccc(C(N)=S)c1=O. The Balaban J connectivity index is 2.70. The minimum absolute atomic E-state index is 0.0773. The van der Waals surface area contributed by atoms with E-state index in [0.29, 0.717) is 5.56 Å².